The van der Waals surface area contributed by atoms with E-state index in [1.807, 2.05) is 0 Å². The first-order valence-electron chi connectivity index (χ1n) is 6.54. The molecular formula is C15H16N2O4. The number of carboxylic acid groups (broad SMARTS) is 1. The zero-order chi connectivity index (χ0) is 15.4. The Morgan fingerprint density at radius 2 is 2.05 bits per heavy atom. The van der Waals surface area contributed by atoms with Crippen molar-refractivity contribution in [1.82, 2.24) is 5.32 Å². The molecule has 6 nitrogen and oxygen atoms in total. The highest BCUT2D eigenvalue weighted by molar-refractivity contribution is 5.98. The molecule has 0 bridgehead atoms. The van der Waals surface area contributed by atoms with Crippen LogP contribution in [-0.4, -0.2) is 36.0 Å². The van der Waals surface area contributed by atoms with Crippen molar-refractivity contribution in [3.8, 4) is 0 Å². The van der Waals surface area contributed by atoms with E-state index in [1.165, 1.54) is 0 Å². The highest BCUT2D eigenvalue weighted by Gasteiger charge is 2.28. The minimum Gasteiger partial charge on any atom is -0.480 e. The number of amides is 2. The van der Waals surface area contributed by atoms with Gasteiger partial charge in [0, 0.05) is 30.1 Å². The van der Waals surface area contributed by atoms with Crippen LogP contribution in [0.3, 0.4) is 0 Å². The van der Waals surface area contributed by atoms with E-state index in [-0.39, 0.29) is 11.8 Å². The third-order valence-electron chi connectivity index (χ3n) is 3.33. The fraction of sp³-hybridized carbons (Fsp3) is 0.267. The first-order chi connectivity index (χ1) is 10.0. The standard InChI is InChI=1S/C15H16N2O4/c1-2-10-7-13(18)17(9-10)12-5-3-11(4-6-12)15(21)16-8-14(19)20/h2-6,10H,1,7-9H2,(H,16,21)(H,19,20). The van der Waals surface area contributed by atoms with Crippen LogP contribution in [0.4, 0.5) is 5.69 Å². The zero-order valence-corrected chi connectivity index (χ0v) is 11.4. The maximum Gasteiger partial charge on any atom is 0.322 e. The monoisotopic (exact) mass is 288 g/mol. The summed E-state index contributed by atoms with van der Waals surface area (Å²) in [4.78, 5) is 35.6. The number of rotatable bonds is 5. The second kappa shape index (κ2) is 6.21. The number of nitrogens with one attached hydrogen (secondary N) is 1. The van der Waals surface area contributed by atoms with Gasteiger partial charge in [-0.3, -0.25) is 14.4 Å². The van der Waals surface area contributed by atoms with E-state index in [2.05, 4.69) is 11.9 Å². The lowest BCUT2D eigenvalue weighted by molar-refractivity contribution is -0.135. The molecular weight excluding hydrogens is 272 g/mol. The van der Waals surface area contributed by atoms with Crippen LogP contribution in [0.1, 0.15) is 16.8 Å². The Balaban J connectivity index is 2.05. The molecule has 2 N–H and O–H groups in total. The molecule has 2 rings (SSSR count). The molecule has 1 atom stereocenters. The maximum absolute atomic E-state index is 11.9. The van der Waals surface area contributed by atoms with Gasteiger partial charge in [0.2, 0.25) is 5.91 Å². The average Bonchev–Trinajstić information content (AvgIpc) is 2.86. The highest BCUT2D eigenvalue weighted by atomic mass is 16.4. The van der Waals surface area contributed by atoms with Crippen molar-refractivity contribution in [2.45, 2.75) is 6.42 Å². The lowest BCUT2D eigenvalue weighted by Crippen LogP contribution is -2.29. The Morgan fingerprint density at radius 3 is 2.57 bits per heavy atom. The first kappa shape index (κ1) is 14.8. The van der Waals surface area contributed by atoms with E-state index in [0.29, 0.717) is 18.5 Å². The minimum atomic E-state index is -1.10. The Morgan fingerprint density at radius 1 is 1.38 bits per heavy atom. The normalized spacial score (nSPS) is 17.6. The van der Waals surface area contributed by atoms with Gasteiger partial charge < -0.3 is 15.3 Å². The molecule has 21 heavy (non-hydrogen) atoms. The number of anilines is 1. The summed E-state index contributed by atoms with van der Waals surface area (Å²) in [6.07, 6.45) is 2.22. The molecule has 0 aliphatic carbocycles. The Hall–Kier alpha value is -2.63. The third-order valence-corrected chi connectivity index (χ3v) is 3.33. The maximum atomic E-state index is 11.9. The lowest BCUT2D eigenvalue weighted by atomic mass is 10.1. The number of carbonyl (C=O) groups excluding carboxylic acids is 2. The van der Waals surface area contributed by atoms with E-state index in [9.17, 15) is 14.4 Å². The van der Waals surface area contributed by atoms with Crippen LogP contribution < -0.4 is 10.2 Å². The van der Waals surface area contributed by atoms with Gasteiger partial charge in [-0.1, -0.05) is 6.08 Å². The summed E-state index contributed by atoms with van der Waals surface area (Å²) in [5.41, 5.74) is 1.08. The second-order valence-electron chi connectivity index (χ2n) is 4.83. The van der Waals surface area contributed by atoms with Crippen molar-refractivity contribution in [2.75, 3.05) is 18.0 Å². The second-order valence-corrected chi connectivity index (χ2v) is 4.83. The SMILES string of the molecule is C=CC1CC(=O)N(c2ccc(C(=O)NCC(=O)O)cc2)C1. The molecule has 1 saturated heterocycles. The van der Waals surface area contributed by atoms with Crippen molar-refractivity contribution in [1.29, 1.82) is 0 Å². The molecule has 1 heterocycles. The number of nitrogens with zero attached hydrogens (tertiary/aromatic N) is 1. The van der Waals surface area contributed by atoms with Crippen molar-refractivity contribution in [2.24, 2.45) is 5.92 Å². The molecule has 1 aromatic rings. The third kappa shape index (κ3) is 3.47. The van der Waals surface area contributed by atoms with Crippen LogP contribution in [-0.2, 0) is 9.59 Å². The Kier molecular flexibility index (Phi) is 4.37. The Labute approximate surface area is 122 Å². The number of hydrogen-bond donors (Lipinski definition) is 2. The molecule has 0 radical (unpaired) electrons. The van der Waals surface area contributed by atoms with Gasteiger partial charge in [-0.2, -0.15) is 0 Å². The van der Waals surface area contributed by atoms with Gasteiger partial charge in [-0.15, -0.1) is 6.58 Å². The van der Waals surface area contributed by atoms with Gasteiger partial charge >= 0.3 is 5.97 Å². The summed E-state index contributed by atoms with van der Waals surface area (Å²) in [5.74, 6) is -1.38. The van der Waals surface area contributed by atoms with Crippen LogP contribution in [0.2, 0.25) is 0 Å². The van der Waals surface area contributed by atoms with Crippen molar-refractivity contribution < 1.29 is 19.5 Å². The topological polar surface area (TPSA) is 86.7 Å². The van der Waals surface area contributed by atoms with Crippen molar-refractivity contribution in [3.63, 3.8) is 0 Å². The summed E-state index contributed by atoms with van der Waals surface area (Å²) in [5, 5.41) is 10.8. The van der Waals surface area contributed by atoms with Crippen LogP contribution in [0.25, 0.3) is 0 Å². The van der Waals surface area contributed by atoms with E-state index >= 15 is 0 Å². The number of hydrogen-bond acceptors (Lipinski definition) is 3. The zero-order valence-electron chi connectivity index (χ0n) is 11.4. The van der Waals surface area contributed by atoms with Gasteiger partial charge in [0.15, 0.2) is 0 Å². The van der Waals surface area contributed by atoms with Gasteiger partial charge in [0.05, 0.1) is 0 Å². The average molecular weight is 288 g/mol. The van der Waals surface area contributed by atoms with Crippen molar-refractivity contribution in [3.05, 3.63) is 42.5 Å². The van der Waals surface area contributed by atoms with E-state index < -0.39 is 18.4 Å². The lowest BCUT2D eigenvalue weighted by Gasteiger charge is -2.16. The van der Waals surface area contributed by atoms with Crippen LogP contribution in [0.5, 0.6) is 0 Å². The van der Waals surface area contributed by atoms with E-state index in [4.69, 9.17) is 5.11 Å². The molecule has 0 spiro atoms. The molecule has 1 unspecified atom stereocenters. The van der Waals surface area contributed by atoms with Crippen LogP contribution in [0, 0.1) is 5.92 Å². The number of carbonyl (C=O) groups is 3. The van der Waals surface area contributed by atoms with Crippen LogP contribution in [0.15, 0.2) is 36.9 Å². The van der Waals surface area contributed by atoms with E-state index in [0.717, 1.165) is 5.69 Å². The summed E-state index contributed by atoms with van der Waals surface area (Å²) in [7, 11) is 0. The fourth-order valence-corrected chi connectivity index (χ4v) is 2.19. The predicted octanol–water partition coefficient (Wildman–Crippen LogP) is 1.04. The minimum absolute atomic E-state index is 0.0305. The van der Waals surface area contributed by atoms with Gasteiger partial charge in [0.25, 0.3) is 5.91 Å². The molecule has 1 aliphatic rings. The molecule has 1 aliphatic heterocycles. The van der Waals surface area contributed by atoms with Gasteiger partial charge in [-0.05, 0) is 24.3 Å². The van der Waals surface area contributed by atoms with Crippen molar-refractivity contribution >= 4 is 23.5 Å². The van der Waals surface area contributed by atoms with E-state index in [1.54, 1.807) is 35.2 Å². The molecule has 2 amide bonds. The fourth-order valence-electron chi connectivity index (χ4n) is 2.19. The first-order valence-corrected chi connectivity index (χ1v) is 6.54. The molecule has 6 heteroatoms. The summed E-state index contributed by atoms with van der Waals surface area (Å²) < 4.78 is 0. The number of benzene rings is 1. The Bertz CT molecular complexity index is 580. The smallest absolute Gasteiger partial charge is 0.322 e. The summed E-state index contributed by atoms with van der Waals surface area (Å²) in [6.45, 7) is 3.86. The summed E-state index contributed by atoms with van der Waals surface area (Å²) >= 11 is 0. The molecule has 1 fully saturated rings. The largest absolute Gasteiger partial charge is 0.480 e. The van der Waals surface area contributed by atoms with Gasteiger partial charge in [-0.25, -0.2) is 0 Å². The molecule has 110 valence electrons. The van der Waals surface area contributed by atoms with Gasteiger partial charge in [0.1, 0.15) is 6.54 Å². The highest BCUT2D eigenvalue weighted by Crippen LogP contribution is 2.25. The molecule has 0 saturated carbocycles. The van der Waals surface area contributed by atoms with Crippen LogP contribution >= 0.6 is 0 Å². The predicted molar refractivity (Wildman–Crippen MR) is 77.1 cm³/mol. The number of aliphatic carboxylic acids is 1. The molecule has 0 aromatic heterocycles. The number of carboxylic acids is 1. The molecule has 1 aromatic carbocycles. The quantitative estimate of drug-likeness (QED) is 0.793. The summed E-state index contributed by atoms with van der Waals surface area (Å²) in [6, 6.07) is 6.50.